The molecule has 5 rings (SSSR count). The lowest BCUT2D eigenvalue weighted by molar-refractivity contribution is -0.132. The zero-order valence-corrected chi connectivity index (χ0v) is 21.6. The Morgan fingerprint density at radius 1 is 1.05 bits per heavy atom. The van der Waals surface area contributed by atoms with Gasteiger partial charge in [0.15, 0.2) is 0 Å². The molecule has 2 aromatic heterocycles. The number of amides is 2. The lowest BCUT2D eigenvalue weighted by atomic mass is 9.89. The topological polar surface area (TPSA) is 93.5 Å². The molecule has 0 atom stereocenters. The molecule has 1 N–H and O–H groups in total. The predicted molar refractivity (Wildman–Crippen MR) is 145 cm³/mol. The summed E-state index contributed by atoms with van der Waals surface area (Å²) in [4.78, 5) is 43.4. The van der Waals surface area contributed by atoms with E-state index in [1.165, 1.54) is 18.3 Å². The number of rotatable bonds is 7. The minimum absolute atomic E-state index is 0.0236. The second-order valence-electron chi connectivity index (χ2n) is 9.50. The molecule has 39 heavy (non-hydrogen) atoms. The average molecular weight is 529 g/mol. The quantitative estimate of drug-likeness (QED) is 0.341. The molecule has 1 fully saturated rings. The average Bonchev–Trinajstić information content (AvgIpc) is 3.37. The molecular formula is C30H29FN4O4. The zero-order chi connectivity index (χ0) is 27.4. The van der Waals surface area contributed by atoms with Crippen molar-refractivity contribution in [3.63, 3.8) is 0 Å². The molecule has 8 nitrogen and oxygen atoms in total. The van der Waals surface area contributed by atoms with Crippen LogP contribution in [0.3, 0.4) is 0 Å². The smallest absolute Gasteiger partial charge is 0.356 e. The summed E-state index contributed by atoms with van der Waals surface area (Å²) in [5, 5.41) is 3.37. The number of fused-ring (bicyclic) bond motifs is 1. The molecule has 1 aliphatic rings. The van der Waals surface area contributed by atoms with Gasteiger partial charge in [-0.2, -0.15) is 0 Å². The van der Waals surface area contributed by atoms with Crippen LogP contribution in [0.5, 0.6) is 0 Å². The fourth-order valence-corrected chi connectivity index (χ4v) is 4.96. The van der Waals surface area contributed by atoms with E-state index in [0.29, 0.717) is 41.2 Å². The van der Waals surface area contributed by atoms with Crippen molar-refractivity contribution in [2.24, 2.45) is 0 Å². The van der Waals surface area contributed by atoms with Crippen LogP contribution in [-0.2, 0) is 16.1 Å². The van der Waals surface area contributed by atoms with Crippen LogP contribution < -0.4 is 5.32 Å². The molecule has 0 radical (unpaired) electrons. The number of carbonyl (C=O) groups is 3. The Morgan fingerprint density at radius 3 is 2.56 bits per heavy atom. The second-order valence-corrected chi connectivity index (χ2v) is 9.50. The molecule has 2 amide bonds. The SMILES string of the molecule is CCOC(=O)c1cc(C(=O)Nc2ccc(C3CCN(C(=O)Cn4ccc5c(F)cccc54)CC3)cc2)ccn1. The first kappa shape index (κ1) is 26.1. The molecule has 3 heterocycles. The third-order valence-electron chi connectivity index (χ3n) is 7.06. The van der Waals surface area contributed by atoms with Crippen molar-refractivity contribution in [1.29, 1.82) is 0 Å². The number of esters is 1. The maximum absolute atomic E-state index is 14.0. The Hall–Kier alpha value is -4.53. The molecule has 1 saturated heterocycles. The number of carbonyl (C=O) groups excluding carboxylic acids is 3. The third kappa shape index (κ3) is 5.82. The number of ether oxygens (including phenoxy) is 1. The van der Waals surface area contributed by atoms with E-state index in [1.54, 1.807) is 35.9 Å². The molecule has 2 aromatic carbocycles. The van der Waals surface area contributed by atoms with Crippen molar-refractivity contribution in [2.45, 2.75) is 32.2 Å². The number of halogens is 1. The minimum Gasteiger partial charge on any atom is -0.461 e. The summed E-state index contributed by atoms with van der Waals surface area (Å²) in [6.45, 7) is 3.43. The number of piperidine rings is 1. The van der Waals surface area contributed by atoms with Crippen LogP contribution in [-0.4, -0.2) is 51.9 Å². The highest BCUT2D eigenvalue weighted by molar-refractivity contribution is 6.05. The summed E-state index contributed by atoms with van der Waals surface area (Å²) in [6.07, 6.45) is 4.84. The van der Waals surface area contributed by atoms with Crippen LogP contribution >= 0.6 is 0 Å². The summed E-state index contributed by atoms with van der Waals surface area (Å²) in [5.41, 5.74) is 2.91. The van der Waals surface area contributed by atoms with Gasteiger partial charge in [0, 0.05) is 42.1 Å². The van der Waals surface area contributed by atoms with E-state index in [0.717, 1.165) is 18.4 Å². The van der Waals surface area contributed by atoms with Gasteiger partial charge >= 0.3 is 5.97 Å². The number of hydrogen-bond donors (Lipinski definition) is 1. The molecule has 0 unspecified atom stereocenters. The van der Waals surface area contributed by atoms with Gasteiger partial charge in [0.05, 0.1) is 12.1 Å². The number of hydrogen-bond acceptors (Lipinski definition) is 5. The van der Waals surface area contributed by atoms with Gasteiger partial charge in [-0.25, -0.2) is 14.2 Å². The van der Waals surface area contributed by atoms with E-state index in [-0.39, 0.29) is 36.5 Å². The lowest BCUT2D eigenvalue weighted by Crippen LogP contribution is -2.39. The molecule has 0 bridgehead atoms. The predicted octanol–water partition coefficient (Wildman–Crippen LogP) is 5.01. The Labute approximate surface area is 225 Å². The number of anilines is 1. The Bertz CT molecular complexity index is 1510. The number of nitrogens with zero attached hydrogens (tertiary/aromatic N) is 3. The van der Waals surface area contributed by atoms with Crippen molar-refractivity contribution in [1.82, 2.24) is 14.5 Å². The van der Waals surface area contributed by atoms with Gasteiger partial charge in [0.2, 0.25) is 5.91 Å². The van der Waals surface area contributed by atoms with Gasteiger partial charge in [-0.3, -0.25) is 9.59 Å². The molecule has 0 saturated carbocycles. The highest BCUT2D eigenvalue weighted by Gasteiger charge is 2.24. The number of aromatic nitrogens is 2. The van der Waals surface area contributed by atoms with E-state index in [1.807, 2.05) is 35.2 Å². The largest absolute Gasteiger partial charge is 0.461 e. The molecular weight excluding hydrogens is 499 g/mol. The monoisotopic (exact) mass is 528 g/mol. The summed E-state index contributed by atoms with van der Waals surface area (Å²) in [6, 6.07) is 17.3. The van der Waals surface area contributed by atoms with Crippen LogP contribution in [0.1, 0.15) is 52.1 Å². The van der Waals surface area contributed by atoms with E-state index < -0.39 is 5.97 Å². The highest BCUT2D eigenvalue weighted by atomic mass is 19.1. The number of likely N-dealkylation sites (tertiary alicyclic amines) is 1. The second kappa shape index (κ2) is 11.5. The zero-order valence-electron chi connectivity index (χ0n) is 21.6. The number of benzene rings is 2. The summed E-state index contributed by atoms with van der Waals surface area (Å²) >= 11 is 0. The van der Waals surface area contributed by atoms with Crippen molar-refractivity contribution in [3.05, 3.63) is 95.7 Å². The molecule has 9 heteroatoms. The fourth-order valence-electron chi connectivity index (χ4n) is 4.96. The maximum atomic E-state index is 14.0. The van der Waals surface area contributed by atoms with Crippen molar-refractivity contribution < 1.29 is 23.5 Å². The van der Waals surface area contributed by atoms with Crippen LogP contribution in [0.4, 0.5) is 10.1 Å². The molecule has 4 aromatic rings. The lowest BCUT2D eigenvalue weighted by Gasteiger charge is -2.32. The van der Waals surface area contributed by atoms with Crippen LogP contribution in [0.25, 0.3) is 10.9 Å². The van der Waals surface area contributed by atoms with Crippen LogP contribution in [0.2, 0.25) is 0 Å². The Balaban J connectivity index is 1.15. The van der Waals surface area contributed by atoms with Gasteiger partial charge < -0.3 is 19.5 Å². The standard InChI is InChI=1S/C30H29FN4O4/c1-2-39-30(38)26-18-22(10-14-32-26)29(37)33-23-8-6-20(7-9-23)21-11-15-34(16-12-21)28(36)19-35-17-13-24-25(31)4-3-5-27(24)35/h3-10,13-14,17-18,21H,2,11-12,15-16,19H2,1H3,(H,33,37). The van der Waals surface area contributed by atoms with Crippen LogP contribution in [0.15, 0.2) is 73.1 Å². The first-order valence-corrected chi connectivity index (χ1v) is 13.0. The van der Waals surface area contributed by atoms with Gasteiger partial charge in [-0.05, 0) is 73.7 Å². The van der Waals surface area contributed by atoms with Gasteiger partial charge in [-0.15, -0.1) is 0 Å². The van der Waals surface area contributed by atoms with Crippen LogP contribution in [0, 0.1) is 5.82 Å². The Kier molecular flexibility index (Phi) is 7.67. The maximum Gasteiger partial charge on any atom is 0.356 e. The van der Waals surface area contributed by atoms with Gasteiger partial charge in [0.25, 0.3) is 5.91 Å². The summed E-state index contributed by atoms with van der Waals surface area (Å²) in [7, 11) is 0. The first-order chi connectivity index (χ1) is 18.9. The van der Waals surface area contributed by atoms with E-state index in [9.17, 15) is 18.8 Å². The van der Waals surface area contributed by atoms with Gasteiger partial charge in [-0.1, -0.05) is 18.2 Å². The molecule has 0 spiro atoms. The van der Waals surface area contributed by atoms with E-state index in [4.69, 9.17) is 4.74 Å². The number of pyridine rings is 1. The van der Waals surface area contributed by atoms with Crippen molar-refractivity contribution in [3.8, 4) is 0 Å². The number of nitrogens with one attached hydrogen (secondary N) is 1. The Morgan fingerprint density at radius 2 is 1.82 bits per heavy atom. The fraction of sp³-hybridized carbons (Fsp3) is 0.267. The normalized spacial score (nSPS) is 13.8. The molecule has 0 aliphatic carbocycles. The first-order valence-electron chi connectivity index (χ1n) is 13.0. The van der Waals surface area contributed by atoms with Crippen molar-refractivity contribution >= 4 is 34.4 Å². The minimum atomic E-state index is -0.571. The van der Waals surface area contributed by atoms with E-state index in [2.05, 4.69) is 10.3 Å². The summed E-state index contributed by atoms with van der Waals surface area (Å²) < 4.78 is 20.7. The molecule has 1 aliphatic heterocycles. The van der Waals surface area contributed by atoms with E-state index >= 15 is 0 Å². The van der Waals surface area contributed by atoms with Gasteiger partial charge in [0.1, 0.15) is 18.1 Å². The molecule has 200 valence electrons. The highest BCUT2D eigenvalue weighted by Crippen LogP contribution is 2.29. The third-order valence-corrected chi connectivity index (χ3v) is 7.06. The summed E-state index contributed by atoms with van der Waals surface area (Å²) in [5.74, 6) is -0.868. The van der Waals surface area contributed by atoms with Crippen molar-refractivity contribution in [2.75, 3.05) is 25.0 Å².